The van der Waals surface area contributed by atoms with Gasteiger partial charge >= 0.3 is 0 Å². The summed E-state index contributed by atoms with van der Waals surface area (Å²) in [5.74, 6) is -0.0424. The van der Waals surface area contributed by atoms with Crippen LogP contribution in [-0.2, 0) is 11.3 Å². The van der Waals surface area contributed by atoms with Crippen molar-refractivity contribution in [3.63, 3.8) is 0 Å². The second-order valence-corrected chi connectivity index (χ2v) is 7.33. The van der Waals surface area contributed by atoms with E-state index < -0.39 is 0 Å². The number of rotatable bonds is 5. The van der Waals surface area contributed by atoms with Crippen molar-refractivity contribution in [3.05, 3.63) is 41.2 Å². The number of carbonyl (C=O) groups excluding carboxylic acids is 1. The largest absolute Gasteiger partial charge is 0.351 e. The molecule has 124 valence electrons. The van der Waals surface area contributed by atoms with E-state index in [0.717, 1.165) is 28.0 Å². The number of hydrogen-bond acceptors (Lipinski definition) is 7. The molecule has 0 aliphatic carbocycles. The zero-order valence-electron chi connectivity index (χ0n) is 13.6. The summed E-state index contributed by atoms with van der Waals surface area (Å²) in [5.41, 5.74) is 4.55. The highest BCUT2D eigenvalue weighted by Crippen LogP contribution is 2.20. The molecule has 8 heteroatoms. The molecule has 0 radical (unpaired) electrons. The van der Waals surface area contributed by atoms with Gasteiger partial charge in [-0.25, -0.2) is 9.97 Å². The van der Waals surface area contributed by atoms with Crippen LogP contribution < -0.4 is 5.32 Å². The maximum absolute atomic E-state index is 12.3. The number of fused-ring (bicyclic) bond motifs is 1. The number of thioether (sulfide) groups is 1. The van der Waals surface area contributed by atoms with E-state index >= 15 is 0 Å². The normalized spacial score (nSPS) is 12.3. The average molecular weight is 359 g/mol. The van der Waals surface area contributed by atoms with Crippen LogP contribution in [0, 0.1) is 13.8 Å². The first-order valence-electron chi connectivity index (χ1n) is 7.49. The number of benzene rings is 1. The molecule has 0 saturated heterocycles. The fourth-order valence-electron chi connectivity index (χ4n) is 2.23. The first-order chi connectivity index (χ1) is 11.5. The van der Waals surface area contributed by atoms with Crippen LogP contribution in [0.1, 0.15) is 23.9 Å². The molecule has 6 nitrogen and oxygen atoms in total. The molecule has 3 rings (SSSR count). The second kappa shape index (κ2) is 7.23. The lowest BCUT2D eigenvalue weighted by Gasteiger charge is -2.11. The molecule has 2 heterocycles. The molecule has 0 spiro atoms. The second-order valence-electron chi connectivity index (χ2n) is 5.50. The van der Waals surface area contributed by atoms with Crippen molar-refractivity contribution in [1.29, 1.82) is 0 Å². The van der Waals surface area contributed by atoms with Gasteiger partial charge in [-0.15, -0.1) is 0 Å². The molecule has 0 aliphatic heterocycles. The molecule has 1 N–H and O–H groups in total. The molecular formula is C16H17N5OS2. The minimum atomic E-state index is -0.268. The third-order valence-electron chi connectivity index (χ3n) is 3.40. The van der Waals surface area contributed by atoms with E-state index in [1.807, 2.05) is 45.0 Å². The number of aryl methyl sites for hydroxylation is 2. The first-order valence-corrected chi connectivity index (χ1v) is 9.10. The van der Waals surface area contributed by atoms with Crippen LogP contribution >= 0.6 is 23.5 Å². The molecule has 0 unspecified atom stereocenters. The van der Waals surface area contributed by atoms with Gasteiger partial charge in [0.15, 0.2) is 5.16 Å². The first kappa shape index (κ1) is 16.8. The molecule has 0 saturated carbocycles. The Bertz CT molecular complexity index is 860. The smallest absolute Gasteiger partial charge is 0.233 e. The summed E-state index contributed by atoms with van der Waals surface area (Å²) >= 11 is 2.55. The van der Waals surface area contributed by atoms with E-state index in [0.29, 0.717) is 11.7 Å². The Morgan fingerprint density at radius 2 is 1.88 bits per heavy atom. The summed E-state index contributed by atoms with van der Waals surface area (Å²) in [6, 6.07) is 7.74. The fourth-order valence-corrected chi connectivity index (χ4v) is 3.65. The van der Waals surface area contributed by atoms with Gasteiger partial charge in [-0.2, -0.15) is 8.75 Å². The standard InChI is InChI=1S/C16H17N5OS2/c1-9-6-10(2)19-16(18-9)23-11(3)15(22)17-8-12-4-5-13-14(7-12)21-24-20-13/h4-7,11H,8H2,1-3H3,(H,17,22)/t11-/m1/s1. The molecule has 1 aromatic carbocycles. The van der Waals surface area contributed by atoms with E-state index in [1.165, 1.54) is 23.5 Å². The predicted molar refractivity (Wildman–Crippen MR) is 96.1 cm³/mol. The van der Waals surface area contributed by atoms with Gasteiger partial charge in [0.05, 0.1) is 17.0 Å². The molecule has 1 amide bonds. The third-order valence-corrected chi connectivity index (χ3v) is 4.92. The Kier molecular flexibility index (Phi) is 5.06. The zero-order valence-corrected chi connectivity index (χ0v) is 15.2. The Balaban J connectivity index is 1.59. The van der Waals surface area contributed by atoms with Gasteiger partial charge in [0.1, 0.15) is 11.0 Å². The van der Waals surface area contributed by atoms with Crippen molar-refractivity contribution >= 4 is 40.4 Å². The van der Waals surface area contributed by atoms with Crippen LogP contribution in [0.2, 0.25) is 0 Å². The minimum absolute atomic E-state index is 0.0424. The van der Waals surface area contributed by atoms with Crippen molar-refractivity contribution in [2.24, 2.45) is 0 Å². The average Bonchev–Trinajstić information content (AvgIpc) is 2.99. The SMILES string of the molecule is Cc1cc(C)nc(S[C@H](C)C(=O)NCc2ccc3nsnc3c2)n1. The Morgan fingerprint density at radius 3 is 2.62 bits per heavy atom. The summed E-state index contributed by atoms with van der Waals surface area (Å²) in [7, 11) is 0. The van der Waals surface area contributed by atoms with Gasteiger partial charge in [0, 0.05) is 17.9 Å². The van der Waals surface area contributed by atoms with Gasteiger partial charge < -0.3 is 5.32 Å². The van der Waals surface area contributed by atoms with E-state index in [4.69, 9.17) is 0 Å². The summed E-state index contributed by atoms with van der Waals surface area (Å²) < 4.78 is 8.38. The molecule has 24 heavy (non-hydrogen) atoms. The lowest BCUT2D eigenvalue weighted by Crippen LogP contribution is -2.30. The fraction of sp³-hybridized carbons (Fsp3) is 0.312. The molecule has 3 aromatic rings. The van der Waals surface area contributed by atoms with Crippen molar-refractivity contribution in [2.45, 2.75) is 37.7 Å². The van der Waals surface area contributed by atoms with Gasteiger partial charge in [0.2, 0.25) is 5.91 Å². The summed E-state index contributed by atoms with van der Waals surface area (Å²) in [6.07, 6.45) is 0. The molecule has 0 bridgehead atoms. The number of aromatic nitrogens is 4. The van der Waals surface area contributed by atoms with Crippen molar-refractivity contribution in [3.8, 4) is 0 Å². The number of amides is 1. The van der Waals surface area contributed by atoms with Crippen LogP contribution in [0.5, 0.6) is 0 Å². The van der Waals surface area contributed by atoms with E-state index in [-0.39, 0.29) is 11.2 Å². The predicted octanol–water partition coefficient (Wildman–Crippen LogP) is 2.90. The van der Waals surface area contributed by atoms with Gasteiger partial charge in [-0.3, -0.25) is 4.79 Å². The summed E-state index contributed by atoms with van der Waals surface area (Å²) in [6.45, 7) is 6.17. The highest BCUT2D eigenvalue weighted by molar-refractivity contribution is 8.00. The Labute approximate surface area is 148 Å². The van der Waals surface area contributed by atoms with Crippen LogP contribution in [0.15, 0.2) is 29.4 Å². The summed E-state index contributed by atoms with van der Waals surface area (Å²) in [4.78, 5) is 21.0. The maximum atomic E-state index is 12.3. The van der Waals surface area contributed by atoms with Crippen LogP contribution in [0.3, 0.4) is 0 Å². The van der Waals surface area contributed by atoms with E-state index in [2.05, 4.69) is 24.0 Å². The molecule has 2 aromatic heterocycles. The lowest BCUT2D eigenvalue weighted by atomic mass is 10.2. The lowest BCUT2D eigenvalue weighted by molar-refractivity contribution is -0.120. The topological polar surface area (TPSA) is 80.7 Å². The molecule has 0 fully saturated rings. The maximum Gasteiger partial charge on any atom is 0.233 e. The number of hydrogen-bond donors (Lipinski definition) is 1. The van der Waals surface area contributed by atoms with Crippen LogP contribution in [-0.4, -0.2) is 29.9 Å². The minimum Gasteiger partial charge on any atom is -0.351 e. The number of nitrogens with one attached hydrogen (secondary N) is 1. The van der Waals surface area contributed by atoms with Crippen molar-refractivity contribution in [2.75, 3.05) is 0 Å². The Morgan fingerprint density at radius 1 is 1.17 bits per heavy atom. The van der Waals surface area contributed by atoms with Crippen molar-refractivity contribution < 1.29 is 4.79 Å². The van der Waals surface area contributed by atoms with E-state index in [9.17, 15) is 4.79 Å². The van der Waals surface area contributed by atoms with E-state index in [1.54, 1.807) is 0 Å². The van der Waals surface area contributed by atoms with Crippen LogP contribution in [0.4, 0.5) is 0 Å². The highest BCUT2D eigenvalue weighted by atomic mass is 32.2. The van der Waals surface area contributed by atoms with Gasteiger partial charge in [-0.05, 0) is 44.5 Å². The van der Waals surface area contributed by atoms with Gasteiger partial charge in [0.25, 0.3) is 0 Å². The zero-order chi connectivity index (χ0) is 17.1. The number of carbonyl (C=O) groups is 1. The third kappa shape index (κ3) is 4.07. The van der Waals surface area contributed by atoms with Crippen LogP contribution in [0.25, 0.3) is 11.0 Å². The monoisotopic (exact) mass is 359 g/mol. The molecular weight excluding hydrogens is 342 g/mol. The molecule has 1 atom stereocenters. The van der Waals surface area contributed by atoms with Gasteiger partial charge in [-0.1, -0.05) is 17.8 Å². The highest BCUT2D eigenvalue weighted by Gasteiger charge is 2.16. The quantitative estimate of drug-likeness (QED) is 0.557. The molecule has 0 aliphatic rings. The number of nitrogens with zero attached hydrogens (tertiary/aromatic N) is 4. The Hall–Kier alpha value is -2.06. The van der Waals surface area contributed by atoms with Crippen molar-refractivity contribution in [1.82, 2.24) is 24.0 Å². The summed E-state index contributed by atoms with van der Waals surface area (Å²) in [5, 5.41) is 3.31.